The Labute approximate surface area is 114 Å². The van der Waals surface area contributed by atoms with E-state index in [1.807, 2.05) is 30.1 Å². The third-order valence-electron chi connectivity index (χ3n) is 2.34. The SMILES string of the molecule is CN(Cc1ccc(Br)cc1)c1ccnc(Cl)n1. The lowest BCUT2D eigenvalue weighted by molar-refractivity contribution is 0.891. The van der Waals surface area contributed by atoms with Gasteiger partial charge >= 0.3 is 0 Å². The summed E-state index contributed by atoms with van der Waals surface area (Å²) in [6.45, 7) is 0.778. The fraction of sp³-hybridized carbons (Fsp3) is 0.167. The zero-order chi connectivity index (χ0) is 12.3. The fourth-order valence-corrected chi connectivity index (χ4v) is 1.89. The molecule has 0 saturated carbocycles. The molecule has 3 nitrogen and oxygen atoms in total. The van der Waals surface area contributed by atoms with Crippen LogP contribution in [0.1, 0.15) is 5.56 Å². The van der Waals surface area contributed by atoms with Gasteiger partial charge in [-0.2, -0.15) is 0 Å². The standard InChI is InChI=1S/C12H11BrClN3/c1-17(11-6-7-15-12(14)16-11)8-9-2-4-10(13)5-3-9/h2-7H,8H2,1H3. The van der Waals surface area contributed by atoms with E-state index < -0.39 is 0 Å². The summed E-state index contributed by atoms with van der Waals surface area (Å²) in [7, 11) is 1.97. The molecule has 1 aromatic carbocycles. The Balaban J connectivity index is 2.11. The molecule has 0 bridgehead atoms. The first-order valence-electron chi connectivity index (χ1n) is 5.09. The van der Waals surface area contributed by atoms with Crippen molar-refractivity contribution in [2.75, 3.05) is 11.9 Å². The summed E-state index contributed by atoms with van der Waals surface area (Å²) in [5.74, 6) is 0.813. The summed E-state index contributed by atoms with van der Waals surface area (Å²) in [5, 5.41) is 0.269. The van der Waals surface area contributed by atoms with Crippen LogP contribution in [0.25, 0.3) is 0 Å². The largest absolute Gasteiger partial charge is 0.355 e. The molecule has 0 unspecified atom stereocenters. The molecule has 2 rings (SSSR count). The van der Waals surface area contributed by atoms with Gasteiger partial charge in [-0.15, -0.1) is 0 Å². The predicted molar refractivity (Wildman–Crippen MR) is 73.3 cm³/mol. The van der Waals surface area contributed by atoms with Crippen LogP contribution >= 0.6 is 27.5 Å². The molecule has 0 radical (unpaired) electrons. The molecular weight excluding hydrogens is 302 g/mol. The maximum atomic E-state index is 5.76. The van der Waals surface area contributed by atoms with Crippen LogP contribution in [0.2, 0.25) is 5.28 Å². The first kappa shape index (κ1) is 12.3. The topological polar surface area (TPSA) is 29.0 Å². The van der Waals surface area contributed by atoms with Gasteiger partial charge in [0.25, 0.3) is 0 Å². The van der Waals surface area contributed by atoms with Crippen molar-refractivity contribution < 1.29 is 0 Å². The number of aromatic nitrogens is 2. The number of hydrogen-bond donors (Lipinski definition) is 0. The number of nitrogens with zero attached hydrogens (tertiary/aromatic N) is 3. The summed E-state index contributed by atoms with van der Waals surface area (Å²) in [4.78, 5) is 10.0. The minimum absolute atomic E-state index is 0.269. The Kier molecular flexibility index (Phi) is 3.97. The molecule has 0 saturated heterocycles. The van der Waals surface area contributed by atoms with Gasteiger partial charge in [0.2, 0.25) is 5.28 Å². The van der Waals surface area contributed by atoms with E-state index in [1.54, 1.807) is 6.20 Å². The Morgan fingerprint density at radius 1 is 1.24 bits per heavy atom. The van der Waals surface area contributed by atoms with Gasteiger partial charge in [0.1, 0.15) is 5.82 Å². The van der Waals surface area contributed by atoms with E-state index in [0.717, 1.165) is 16.8 Å². The highest BCUT2D eigenvalue weighted by Gasteiger charge is 2.04. The quantitative estimate of drug-likeness (QED) is 0.812. The molecule has 0 aliphatic rings. The predicted octanol–water partition coefficient (Wildman–Crippen LogP) is 3.53. The van der Waals surface area contributed by atoms with Crippen LogP contribution in [0.4, 0.5) is 5.82 Å². The van der Waals surface area contributed by atoms with Gasteiger partial charge in [-0.3, -0.25) is 0 Å². The fourth-order valence-electron chi connectivity index (χ4n) is 1.48. The molecule has 0 N–H and O–H groups in total. The van der Waals surface area contributed by atoms with Crippen molar-refractivity contribution in [2.24, 2.45) is 0 Å². The van der Waals surface area contributed by atoms with Crippen molar-refractivity contribution >= 4 is 33.3 Å². The van der Waals surface area contributed by atoms with Gasteiger partial charge < -0.3 is 4.90 Å². The third-order valence-corrected chi connectivity index (χ3v) is 3.05. The van der Waals surface area contributed by atoms with Crippen LogP contribution in [-0.4, -0.2) is 17.0 Å². The van der Waals surface area contributed by atoms with Crippen molar-refractivity contribution in [1.29, 1.82) is 0 Å². The first-order valence-corrected chi connectivity index (χ1v) is 6.26. The monoisotopic (exact) mass is 311 g/mol. The molecule has 1 heterocycles. The Bertz CT molecular complexity index is 501. The van der Waals surface area contributed by atoms with Gasteiger partial charge in [-0.05, 0) is 35.4 Å². The summed E-state index contributed by atoms with van der Waals surface area (Å²) < 4.78 is 1.08. The highest BCUT2D eigenvalue weighted by Crippen LogP contribution is 2.16. The molecule has 17 heavy (non-hydrogen) atoms. The summed E-state index contributed by atoms with van der Waals surface area (Å²) in [6.07, 6.45) is 1.66. The van der Waals surface area contributed by atoms with Crippen LogP contribution in [0.3, 0.4) is 0 Å². The lowest BCUT2D eigenvalue weighted by atomic mass is 10.2. The number of hydrogen-bond acceptors (Lipinski definition) is 3. The molecule has 0 aliphatic carbocycles. The van der Waals surface area contributed by atoms with Crippen LogP contribution < -0.4 is 4.90 Å². The highest BCUT2D eigenvalue weighted by molar-refractivity contribution is 9.10. The minimum Gasteiger partial charge on any atom is -0.355 e. The number of rotatable bonds is 3. The molecule has 2 aromatic rings. The zero-order valence-corrected chi connectivity index (χ0v) is 11.6. The minimum atomic E-state index is 0.269. The summed E-state index contributed by atoms with van der Waals surface area (Å²) in [6, 6.07) is 10.0. The van der Waals surface area contributed by atoms with E-state index in [2.05, 4.69) is 38.0 Å². The maximum absolute atomic E-state index is 5.76. The molecule has 0 aliphatic heterocycles. The second-order valence-corrected chi connectivity index (χ2v) is 4.92. The molecule has 88 valence electrons. The third kappa shape index (κ3) is 3.41. The van der Waals surface area contributed by atoms with Gasteiger partial charge in [0, 0.05) is 24.3 Å². The molecule has 0 spiro atoms. The smallest absolute Gasteiger partial charge is 0.224 e. The Morgan fingerprint density at radius 2 is 1.94 bits per heavy atom. The molecule has 5 heteroatoms. The molecule has 0 amide bonds. The van der Waals surface area contributed by atoms with E-state index >= 15 is 0 Å². The number of anilines is 1. The van der Waals surface area contributed by atoms with E-state index in [-0.39, 0.29) is 5.28 Å². The van der Waals surface area contributed by atoms with E-state index in [0.29, 0.717) is 0 Å². The lowest BCUT2D eigenvalue weighted by Crippen LogP contribution is -2.17. The molecular formula is C12H11BrClN3. The highest BCUT2D eigenvalue weighted by atomic mass is 79.9. The Morgan fingerprint density at radius 3 is 2.59 bits per heavy atom. The van der Waals surface area contributed by atoms with Crippen molar-refractivity contribution in [3.8, 4) is 0 Å². The van der Waals surface area contributed by atoms with Crippen LogP contribution in [0.5, 0.6) is 0 Å². The lowest BCUT2D eigenvalue weighted by Gasteiger charge is -2.18. The van der Waals surface area contributed by atoms with Crippen LogP contribution in [0.15, 0.2) is 41.0 Å². The number of benzene rings is 1. The average Bonchev–Trinajstić information content (AvgIpc) is 2.32. The van der Waals surface area contributed by atoms with Gasteiger partial charge in [0.05, 0.1) is 0 Å². The molecule has 1 aromatic heterocycles. The first-order chi connectivity index (χ1) is 8.15. The average molecular weight is 313 g/mol. The summed E-state index contributed by atoms with van der Waals surface area (Å²) >= 11 is 9.17. The van der Waals surface area contributed by atoms with Gasteiger partial charge in [-0.1, -0.05) is 28.1 Å². The molecule has 0 atom stereocenters. The van der Waals surface area contributed by atoms with Gasteiger partial charge in [-0.25, -0.2) is 9.97 Å². The zero-order valence-electron chi connectivity index (χ0n) is 9.27. The normalized spacial score (nSPS) is 10.3. The van der Waals surface area contributed by atoms with E-state index in [4.69, 9.17) is 11.6 Å². The van der Waals surface area contributed by atoms with Crippen LogP contribution in [0, 0.1) is 0 Å². The van der Waals surface area contributed by atoms with E-state index in [1.165, 1.54) is 5.56 Å². The maximum Gasteiger partial charge on any atom is 0.224 e. The second kappa shape index (κ2) is 5.47. The van der Waals surface area contributed by atoms with Crippen molar-refractivity contribution in [3.63, 3.8) is 0 Å². The summed E-state index contributed by atoms with van der Waals surface area (Å²) in [5.41, 5.74) is 1.21. The van der Waals surface area contributed by atoms with Crippen molar-refractivity contribution in [3.05, 3.63) is 51.8 Å². The van der Waals surface area contributed by atoms with Crippen molar-refractivity contribution in [1.82, 2.24) is 9.97 Å². The van der Waals surface area contributed by atoms with Crippen molar-refractivity contribution in [2.45, 2.75) is 6.54 Å². The van der Waals surface area contributed by atoms with Gasteiger partial charge in [0.15, 0.2) is 0 Å². The van der Waals surface area contributed by atoms with E-state index in [9.17, 15) is 0 Å². The molecule has 0 fully saturated rings. The Hall–Kier alpha value is -1.13. The van der Waals surface area contributed by atoms with Crippen LogP contribution in [-0.2, 0) is 6.54 Å². The number of halogens is 2. The second-order valence-electron chi connectivity index (χ2n) is 3.67.